The van der Waals surface area contributed by atoms with Crippen molar-refractivity contribution in [1.29, 1.82) is 0 Å². The molecule has 10 rings (SSSR count). The van der Waals surface area contributed by atoms with Crippen LogP contribution in [0.25, 0.3) is 45.1 Å². The van der Waals surface area contributed by atoms with Crippen LogP contribution in [0, 0.1) is 5.92 Å². The number of ether oxygens (including phenoxy) is 1. The molecule has 2 nitrogen and oxygen atoms in total. The summed E-state index contributed by atoms with van der Waals surface area (Å²) in [6.45, 7) is 4.39. The average Bonchev–Trinajstić information content (AvgIpc) is 3.58. The van der Waals surface area contributed by atoms with Gasteiger partial charge in [0.1, 0.15) is 11.5 Å². The molecule has 0 bridgehead atoms. The molecule has 55 heavy (non-hydrogen) atoms. The van der Waals surface area contributed by atoms with Gasteiger partial charge >= 0.3 is 0 Å². The number of nitrogens with zero attached hydrogens (tertiary/aromatic N) is 1. The molecule has 2 heterocycles. The van der Waals surface area contributed by atoms with Gasteiger partial charge in [0.05, 0.1) is 11.2 Å². The van der Waals surface area contributed by atoms with Crippen LogP contribution in [-0.2, 0) is 0 Å². The van der Waals surface area contributed by atoms with E-state index in [2.05, 4.69) is 211 Å². The third kappa shape index (κ3) is 5.39. The fraction of sp³-hybridized carbons (Fsp3) is 0.0385. The molecular weight excluding hydrogens is 683 g/mol. The van der Waals surface area contributed by atoms with Crippen LogP contribution in [0.5, 0.6) is 5.75 Å². The van der Waals surface area contributed by atoms with Crippen molar-refractivity contribution in [2.24, 2.45) is 5.92 Å². The fourth-order valence-corrected chi connectivity index (χ4v) is 13.8. The number of rotatable bonds is 8. The second-order valence-corrected chi connectivity index (χ2v) is 18.2. The van der Waals surface area contributed by atoms with Gasteiger partial charge in [-0.15, -0.1) is 0 Å². The summed E-state index contributed by atoms with van der Waals surface area (Å²) in [5.41, 5.74) is 6.97. The molecule has 0 fully saturated rings. The Morgan fingerprint density at radius 3 is 1.95 bits per heavy atom. The Bertz CT molecular complexity index is 2730. The van der Waals surface area contributed by atoms with Crippen LogP contribution >= 0.6 is 0 Å². The zero-order valence-electron chi connectivity index (χ0n) is 30.5. The van der Waals surface area contributed by atoms with E-state index in [-0.39, 0.29) is 5.92 Å². The number of benzene rings is 7. The highest BCUT2D eigenvalue weighted by Crippen LogP contribution is 2.44. The van der Waals surface area contributed by atoms with E-state index in [0.29, 0.717) is 0 Å². The first-order valence-corrected chi connectivity index (χ1v) is 21.1. The van der Waals surface area contributed by atoms with Gasteiger partial charge in [-0.05, 0) is 80.5 Å². The lowest BCUT2D eigenvalue weighted by Gasteiger charge is -2.34. The quantitative estimate of drug-likeness (QED) is 0.113. The maximum Gasteiger partial charge on any atom is 0.179 e. The van der Waals surface area contributed by atoms with Crippen molar-refractivity contribution >= 4 is 68.2 Å². The number of fused-ring (bicyclic) bond motifs is 3. The first-order valence-electron chi connectivity index (χ1n) is 19.1. The molecule has 1 unspecified atom stereocenters. The van der Waals surface area contributed by atoms with Gasteiger partial charge < -0.3 is 9.30 Å². The van der Waals surface area contributed by atoms with Crippen molar-refractivity contribution in [3.63, 3.8) is 0 Å². The molecule has 0 saturated heterocycles. The summed E-state index contributed by atoms with van der Waals surface area (Å²) in [5, 5.41) is 9.01. The second-order valence-electron chi connectivity index (χ2n) is 14.4. The molecule has 2 aliphatic rings. The lowest BCUT2D eigenvalue weighted by Crippen LogP contribution is -2.74. The molecule has 0 spiro atoms. The van der Waals surface area contributed by atoms with Gasteiger partial charge in [-0.25, -0.2) is 0 Å². The second kappa shape index (κ2) is 13.6. The molecule has 8 aromatic rings. The van der Waals surface area contributed by atoms with Gasteiger partial charge in [0.2, 0.25) is 0 Å². The van der Waals surface area contributed by atoms with E-state index in [9.17, 15) is 0 Å². The van der Waals surface area contributed by atoms with Crippen molar-refractivity contribution in [3.05, 3.63) is 223 Å². The van der Waals surface area contributed by atoms with E-state index in [1.165, 1.54) is 53.6 Å². The summed E-state index contributed by atoms with van der Waals surface area (Å²) in [6, 6.07) is 64.2. The SMILES string of the molecule is C=Cc1c(/C=C/C2C=C3C(=CC2)Oc2cccc4cccc3c24)c2ccccc2n1-c1cccc([Si](c2ccccc2)(c2ccccc2)c2ccccc2)c1. The van der Waals surface area contributed by atoms with Gasteiger partial charge in [0, 0.05) is 27.6 Å². The number of para-hydroxylation sites is 1. The van der Waals surface area contributed by atoms with Crippen LogP contribution in [0.1, 0.15) is 23.2 Å². The third-order valence-corrected chi connectivity index (χ3v) is 16.2. The minimum Gasteiger partial charge on any atom is -0.456 e. The smallest absolute Gasteiger partial charge is 0.179 e. The number of aromatic nitrogens is 1. The van der Waals surface area contributed by atoms with Gasteiger partial charge in [0.15, 0.2) is 8.07 Å². The largest absolute Gasteiger partial charge is 0.456 e. The Labute approximate surface area is 323 Å². The normalized spacial score (nSPS) is 15.0. The van der Waals surface area contributed by atoms with E-state index in [0.717, 1.165) is 34.8 Å². The highest BCUT2D eigenvalue weighted by Gasteiger charge is 2.41. The molecule has 7 aromatic carbocycles. The van der Waals surface area contributed by atoms with Gasteiger partial charge in [-0.1, -0.05) is 176 Å². The topological polar surface area (TPSA) is 14.2 Å². The zero-order chi connectivity index (χ0) is 36.8. The summed E-state index contributed by atoms with van der Waals surface area (Å²) >= 11 is 0. The molecule has 3 heteroatoms. The lowest BCUT2D eigenvalue weighted by atomic mass is 9.86. The standard InChI is InChI=1S/C52H39NOSi/c1-2-48-45(33-31-37-32-34-50-47(35-37)46-28-14-17-38-18-15-30-51(54-50)52(38)46)44-27-12-13-29-49(44)53(48)39-19-16-26-43(36-39)55(40-20-6-3-7-21-40,41-22-8-4-9-23-41)42-24-10-5-11-25-42/h2-31,33-37H,1,32H2/b33-31+. The van der Waals surface area contributed by atoms with Crippen molar-refractivity contribution in [2.75, 3.05) is 0 Å². The van der Waals surface area contributed by atoms with Crippen LogP contribution in [0.4, 0.5) is 0 Å². The van der Waals surface area contributed by atoms with E-state index in [4.69, 9.17) is 4.74 Å². The Balaban J connectivity index is 1.11. The summed E-state index contributed by atoms with van der Waals surface area (Å²) in [6.07, 6.45) is 12.2. The maximum absolute atomic E-state index is 6.44. The van der Waals surface area contributed by atoms with Crippen LogP contribution < -0.4 is 25.5 Å². The number of hydrogen-bond acceptors (Lipinski definition) is 1. The molecule has 0 N–H and O–H groups in total. The Hall–Kier alpha value is -6.68. The minimum atomic E-state index is -2.72. The minimum absolute atomic E-state index is 0.222. The molecule has 1 atom stereocenters. The van der Waals surface area contributed by atoms with Crippen LogP contribution in [-0.4, -0.2) is 12.6 Å². The Morgan fingerprint density at radius 1 is 0.636 bits per heavy atom. The van der Waals surface area contributed by atoms with Crippen molar-refractivity contribution in [3.8, 4) is 11.4 Å². The van der Waals surface area contributed by atoms with Crippen LogP contribution in [0.2, 0.25) is 0 Å². The summed E-state index contributed by atoms with van der Waals surface area (Å²) in [5.74, 6) is 2.12. The summed E-state index contributed by atoms with van der Waals surface area (Å²) in [4.78, 5) is 0. The highest BCUT2D eigenvalue weighted by molar-refractivity contribution is 7.19. The third-order valence-electron chi connectivity index (χ3n) is 11.4. The predicted molar refractivity (Wildman–Crippen MR) is 235 cm³/mol. The predicted octanol–water partition coefficient (Wildman–Crippen LogP) is 10.2. The number of hydrogen-bond donors (Lipinski definition) is 0. The first-order chi connectivity index (χ1) is 27.2. The zero-order valence-corrected chi connectivity index (χ0v) is 31.5. The fourth-order valence-electron chi connectivity index (χ4n) is 9.01. The van der Waals surface area contributed by atoms with Gasteiger partial charge in [-0.2, -0.15) is 0 Å². The summed E-state index contributed by atoms with van der Waals surface area (Å²) in [7, 11) is -2.72. The molecule has 0 amide bonds. The molecular formula is C52H39NOSi. The lowest BCUT2D eigenvalue weighted by molar-refractivity contribution is 0.443. The molecule has 1 aliphatic carbocycles. The first kappa shape index (κ1) is 32.9. The Morgan fingerprint density at radius 2 is 1.25 bits per heavy atom. The molecule has 1 aromatic heterocycles. The molecule has 1 aliphatic heterocycles. The molecule has 0 radical (unpaired) electrons. The van der Waals surface area contributed by atoms with E-state index in [1.807, 2.05) is 6.08 Å². The molecule has 262 valence electrons. The van der Waals surface area contributed by atoms with Gasteiger partial charge in [-0.3, -0.25) is 0 Å². The maximum atomic E-state index is 6.44. The monoisotopic (exact) mass is 721 g/mol. The van der Waals surface area contributed by atoms with Crippen LogP contribution in [0.15, 0.2) is 206 Å². The van der Waals surface area contributed by atoms with E-state index < -0.39 is 8.07 Å². The highest BCUT2D eigenvalue weighted by atomic mass is 28.3. The van der Waals surface area contributed by atoms with E-state index in [1.54, 1.807) is 0 Å². The number of allylic oxidation sites excluding steroid dienone is 4. The summed E-state index contributed by atoms with van der Waals surface area (Å²) < 4.78 is 8.84. The van der Waals surface area contributed by atoms with Gasteiger partial charge in [0.25, 0.3) is 0 Å². The van der Waals surface area contributed by atoms with Crippen molar-refractivity contribution < 1.29 is 4.74 Å². The Kier molecular flexibility index (Phi) is 8.16. The van der Waals surface area contributed by atoms with E-state index >= 15 is 0 Å². The van der Waals surface area contributed by atoms with Crippen molar-refractivity contribution in [2.45, 2.75) is 6.42 Å². The van der Waals surface area contributed by atoms with Crippen molar-refractivity contribution in [1.82, 2.24) is 4.57 Å². The molecule has 0 saturated carbocycles. The van der Waals surface area contributed by atoms with Crippen LogP contribution in [0.3, 0.4) is 0 Å². The average molecular weight is 722 g/mol.